The second-order valence-corrected chi connectivity index (χ2v) is 5.54. The lowest BCUT2D eigenvalue weighted by atomic mass is 9.81. The van der Waals surface area contributed by atoms with Gasteiger partial charge in [-0.1, -0.05) is 6.07 Å². The summed E-state index contributed by atoms with van der Waals surface area (Å²) in [6, 6.07) is 11.7. The van der Waals surface area contributed by atoms with Gasteiger partial charge in [-0.25, -0.2) is 0 Å². The molecule has 0 aromatic heterocycles. The van der Waals surface area contributed by atoms with Gasteiger partial charge in [0.15, 0.2) is 0 Å². The zero-order valence-electron chi connectivity index (χ0n) is 10.5. The largest absolute Gasteiger partial charge is 0.365 e. The lowest BCUT2D eigenvalue weighted by Crippen LogP contribution is -2.55. The Bertz CT molecular complexity index is 463. The molecule has 0 aliphatic carbocycles. The standard InChI is InChI=1S/C15H19N3/c16-10-11-3-1-4-13(7-11)18-14-5-2-6-15(18)9-12(17)8-14/h1,3-4,7,12,14-15H,2,5-6,8-9,17H2. The lowest BCUT2D eigenvalue weighted by Gasteiger charge is -2.49. The molecule has 0 radical (unpaired) electrons. The van der Waals surface area contributed by atoms with Crippen molar-refractivity contribution in [2.45, 2.75) is 50.2 Å². The van der Waals surface area contributed by atoms with Gasteiger partial charge in [-0.2, -0.15) is 5.26 Å². The molecule has 3 rings (SSSR count). The maximum absolute atomic E-state index is 9.02. The molecule has 2 heterocycles. The summed E-state index contributed by atoms with van der Waals surface area (Å²) in [5, 5.41) is 9.02. The quantitative estimate of drug-likeness (QED) is 0.821. The minimum Gasteiger partial charge on any atom is -0.365 e. The van der Waals surface area contributed by atoms with Crippen LogP contribution in [0.1, 0.15) is 37.7 Å². The highest BCUT2D eigenvalue weighted by Crippen LogP contribution is 2.37. The molecule has 2 N–H and O–H groups in total. The Morgan fingerprint density at radius 1 is 1.22 bits per heavy atom. The SMILES string of the molecule is N#Cc1cccc(N2C3CCCC2CC(N)C3)c1. The molecule has 1 aromatic carbocycles. The molecule has 0 saturated carbocycles. The van der Waals surface area contributed by atoms with Crippen molar-refractivity contribution in [2.75, 3.05) is 4.90 Å². The van der Waals surface area contributed by atoms with Gasteiger partial charge in [0.1, 0.15) is 0 Å². The molecular weight excluding hydrogens is 222 g/mol. The van der Waals surface area contributed by atoms with Gasteiger partial charge in [0, 0.05) is 23.8 Å². The molecule has 0 spiro atoms. The van der Waals surface area contributed by atoms with E-state index in [1.165, 1.54) is 24.9 Å². The first kappa shape index (κ1) is 11.6. The molecular formula is C15H19N3. The average Bonchev–Trinajstić information content (AvgIpc) is 2.37. The van der Waals surface area contributed by atoms with Gasteiger partial charge < -0.3 is 10.6 Å². The molecule has 3 heteroatoms. The highest BCUT2D eigenvalue weighted by Gasteiger charge is 2.37. The van der Waals surface area contributed by atoms with Crippen LogP contribution in [0.4, 0.5) is 5.69 Å². The topological polar surface area (TPSA) is 53.0 Å². The van der Waals surface area contributed by atoms with Crippen molar-refractivity contribution >= 4 is 5.69 Å². The van der Waals surface area contributed by atoms with Crippen LogP contribution in [0.5, 0.6) is 0 Å². The van der Waals surface area contributed by atoms with E-state index in [-0.39, 0.29) is 0 Å². The molecule has 2 unspecified atom stereocenters. The second-order valence-electron chi connectivity index (χ2n) is 5.54. The molecule has 3 nitrogen and oxygen atoms in total. The Labute approximate surface area is 108 Å². The molecule has 2 atom stereocenters. The maximum Gasteiger partial charge on any atom is 0.0992 e. The van der Waals surface area contributed by atoms with Crippen LogP contribution in [-0.2, 0) is 0 Å². The van der Waals surface area contributed by atoms with Crippen molar-refractivity contribution in [3.05, 3.63) is 29.8 Å². The van der Waals surface area contributed by atoms with Crippen molar-refractivity contribution in [2.24, 2.45) is 5.73 Å². The molecule has 2 aliphatic heterocycles. The van der Waals surface area contributed by atoms with E-state index in [2.05, 4.69) is 17.0 Å². The van der Waals surface area contributed by atoms with Crippen molar-refractivity contribution < 1.29 is 0 Å². The summed E-state index contributed by atoms with van der Waals surface area (Å²) in [6.45, 7) is 0. The Kier molecular flexibility index (Phi) is 2.97. The highest BCUT2D eigenvalue weighted by molar-refractivity contribution is 5.54. The molecule has 0 amide bonds. The number of piperidine rings is 2. The molecule has 18 heavy (non-hydrogen) atoms. The summed E-state index contributed by atoms with van der Waals surface area (Å²) in [5.41, 5.74) is 8.10. The second kappa shape index (κ2) is 4.62. The number of nitrogens with zero attached hydrogens (tertiary/aromatic N) is 2. The van der Waals surface area contributed by atoms with Crippen molar-refractivity contribution in [1.29, 1.82) is 5.26 Å². The van der Waals surface area contributed by atoms with E-state index in [0.29, 0.717) is 18.1 Å². The Balaban J connectivity index is 1.93. The summed E-state index contributed by atoms with van der Waals surface area (Å²) < 4.78 is 0. The molecule has 1 aromatic rings. The Morgan fingerprint density at radius 3 is 2.61 bits per heavy atom. The van der Waals surface area contributed by atoms with E-state index in [1.807, 2.05) is 18.2 Å². The van der Waals surface area contributed by atoms with Gasteiger partial charge in [0.05, 0.1) is 11.6 Å². The number of nitrogens with two attached hydrogens (primary N) is 1. The van der Waals surface area contributed by atoms with E-state index in [0.717, 1.165) is 18.4 Å². The van der Waals surface area contributed by atoms with Crippen LogP contribution in [0.25, 0.3) is 0 Å². The third-order valence-electron chi connectivity index (χ3n) is 4.28. The molecule has 94 valence electrons. The van der Waals surface area contributed by atoms with Crippen LogP contribution >= 0.6 is 0 Å². The first-order chi connectivity index (χ1) is 8.78. The van der Waals surface area contributed by atoms with Gasteiger partial charge >= 0.3 is 0 Å². The number of rotatable bonds is 1. The maximum atomic E-state index is 9.02. The van der Waals surface area contributed by atoms with Crippen molar-refractivity contribution in [3.8, 4) is 6.07 Å². The lowest BCUT2D eigenvalue weighted by molar-refractivity contribution is 0.271. The molecule has 2 fully saturated rings. The average molecular weight is 241 g/mol. The van der Waals surface area contributed by atoms with Gasteiger partial charge in [0.25, 0.3) is 0 Å². The van der Waals surface area contributed by atoms with E-state index < -0.39 is 0 Å². The minimum atomic E-state index is 0.357. The van der Waals surface area contributed by atoms with Crippen molar-refractivity contribution in [3.63, 3.8) is 0 Å². The van der Waals surface area contributed by atoms with E-state index in [1.54, 1.807) is 0 Å². The molecule has 2 saturated heterocycles. The Morgan fingerprint density at radius 2 is 1.94 bits per heavy atom. The summed E-state index contributed by atoms with van der Waals surface area (Å²) in [6.07, 6.45) is 5.97. The van der Waals surface area contributed by atoms with Crippen LogP contribution in [0.15, 0.2) is 24.3 Å². The van der Waals surface area contributed by atoms with E-state index in [9.17, 15) is 0 Å². The third kappa shape index (κ3) is 1.97. The predicted octanol–water partition coefficient (Wildman–Crippen LogP) is 2.41. The number of benzene rings is 1. The smallest absolute Gasteiger partial charge is 0.0992 e. The monoisotopic (exact) mass is 241 g/mol. The van der Waals surface area contributed by atoms with Gasteiger partial charge in [0.2, 0.25) is 0 Å². The van der Waals surface area contributed by atoms with Gasteiger partial charge in [-0.3, -0.25) is 0 Å². The van der Waals surface area contributed by atoms with Gasteiger partial charge in [-0.05, 0) is 50.3 Å². The summed E-state index contributed by atoms with van der Waals surface area (Å²) in [5.74, 6) is 0. The van der Waals surface area contributed by atoms with Crippen LogP contribution in [-0.4, -0.2) is 18.1 Å². The third-order valence-corrected chi connectivity index (χ3v) is 4.28. The van der Waals surface area contributed by atoms with E-state index >= 15 is 0 Å². The normalized spacial score (nSPS) is 30.9. The number of hydrogen-bond donors (Lipinski definition) is 1. The number of fused-ring (bicyclic) bond motifs is 2. The van der Waals surface area contributed by atoms with Crippen molar-refractivity contribution in [1.82, 2.24) is 0 Å². The van der Waals surface area contributed by atoms with Crippen LogP contribution in [0.3, 0.4) is 0 Å². The van der Waals surface area contributed by atoms with E-state index in [4.69, 9.17) is 11.0 Å². The fourth-order valence-electron chi connectivity index (χ4n) is 3.58. The summed E-state index contributed by atoms with van der Waals surface area (Å²) >= 11 is 0. The zero-order chi connectivity index (χ0) is 12.5. The van der Waals surface area contributed by atoms with Crippen LogP contribution < -0.4 is 10.6 Å². The predicted molar refractivity (Wildman–Crippen MR) is 72.3 cm³/mol. The highest BCUT2D eigenvalue weighted by atomic mass is 15.2. The molecule has 2 aliphatic rings. The molecule has 2 bridgehead atoms. The van der Waals surface area contributed by atoms with Crippen LogP contribution in [0.2, 0.25) is 0 Å². The zero-order valence-corrected chi connectivity index (χ0v) is 10.5. The Hall–Kier alpha value is -1.53. The number of hydrogen-bond acceptors (Lipinski definition) is 3. The summed E-state index contributed by atoms with van der Waals surface area (Å²) in [7, 11) is 0. The van der Waals surface area contributed by atoms with Gasteiger partial charge in [-0.15, -0.1) is 0 Å². The fourth-order valence-corrected chi connectivity index (χ4v) is 3.58. The first-order valence-corrected chi connectivity index (χ1v) is 6.82. The number of anilines is 1. The summed E-state index contributed by atoms with van der Waals surface area (Å²) in [4.78, 5) is 2.52. The first-order valence-electron chi connectivity index (χ1n) is 6.82. The van der Waals surface area contributed by atoms with Crippen LogP contribution in [0, 0.1) is 11.3 Å². The fraction of sp³-hybridized carbons (Fsp3) is 0.533. The minimum absolute atomic E-state index is 0.357. The number of nitriles is 1.